The van der Waals surface area contributed by atoms with E-state index in [9.17, 15) is 18.0 Å². The van der Waals surface area contributed by atoms with Crippen LogP contribution < -0.4 is 8.92 Å². The SMILES string of the molecule is COc1c(C)c2c(c(OS(=O)(=O)c3ccc(C)cc3)c1C1C=C(CCC(=O)O)CC1)C(=O)OC2. The molecule has 0 fully saturated rings. The Kier molecular flexibility index (Phi) is 6.40. The Hall–Kier alpha value is -3.33. The van der Waals surface area contributed by atoms with Crippen LogP contribution in [0.1, 0.15) is 64.2 Å². The third-order valence-electron chi connectivity index (χ3n) is 6.31. The van der Waals surface area contributed by atoms with E-state index in [4.69, 9.17) is 18.8 Å². The summed E-state index contributed by atoms with van der Waals surface area (Å²) in [6, 6.07) is 6.24. The lowest BCUT2D eigenvalue weighted by Crippen LogP contribution is -2.16. The van der Waals surface area contributed by atoms with E-state index >= 15 is 0 Å². The van der Waals surface area contributed by atoms with Gasteiger partial charge in [0, 0.05) is 23.5 Å². The molecule has 1 aliphatic carbocycles. The van der Waals surface area contributed by atoms with Gasteiger partial charge in [0.1, 0.15) is 22.8 Å². The smallest absolute Gasteiger partial charge is 0.342 e. The van der Waals surface area contributed by atoms with E-state index in [0.29, 0.717) is 41.7 Å². The van der Waals surface area contributed by atoms with Gasteiger partial charge in [0.25, 0.3) is 0 Å². The first-order chi connectivity index (χ1) is 16.1. The number of methoxy groups -OCH3 is 1. The average molecular weight is 487 g/mol. The summed E-state index contributed by atoms with van der Waals surface area (Å²) in [6.07, 6.45) is 3.61. The number of benzene rings is 2. The first-order valence-corrected chi connectivity index (χ1v) is 12.4. The van der Waals surface area contributed by atoms with Crippen molar-refractivity contribution in [1.82, 2.24) is 0 Å². The molecule has 1 heterocycles. The van der Waals surface area contributed by atoms with Crippen LogP contribution in [0.4, 0.5) is 0 Å². The van der Waals surface area contributed by atoms with Gasteiger partial charge in [-0.25, -0.2) is 4.79 Å². The molecule has 0 amide bonds. The molecule has 1 atom stereocenters. The monoisotopic (exact) mass is 486 g/mol. The second-order valence-electron chi connectivity index (χ2n) is 8.55. The van der Waals surface area contributed by atoms with Gasteiger partial charge >= 0.3 is 22.1 Å². The van der Waals surface area contributed by atoms with Crippen molar-refractivity contribution in [2.75, 3.05) is 7.11 Å². The van der Waals surface area contributed by atoms with Crippen molar-refractivity contribution in [3.05, 3.63) is 63.7 Å². The number of esters is 1. The van der Waals surface area contributed by atoms with E-state index in [2.05, 4.69) is 0 Å². The van der Waals surface area contributed by atoms with Gasteiger partial charge in [-0.3, -0.25) is 4.79 Å². The number of hydrogen-bond acceptors (Lipinski definition) is 7. The summed E-state index contributed by atoms with van der Waals surface area (Å²) in [5, 5.41) is 9.02. The zero-order chi connectivity index (χ0) is 24.6. The minimum absolute atomic E-state index is 0.00193. The molecule has 0 aromatic heterocycles. The molecule has 0 spiro atoms. The number of aryl methyl sites for hydroxylation is 1. The van der Waals surface area contributed by atoms with Gasteiger partial charge in [-0.2, -0.15) is 8.42 Å². The number of carboxylic acids is 1. The Labute approximate surface area is 198 Å². The number of aliphatic carboxylic acids is 1. The molecule has 34 heavy (non-hydrogen) atoms. The number of cyclic esters (lactones) is 1. The average Bonchev–Trinajstić information content (AvgIpc) is 3.41. The molecular weight excluding hydrogens is 460 g/mol. The summed E-state index contributed by atoms with van der Waals surface area (Å²) in [6.45, 7) is 3.64. The lowest BCUT2D eigenvalue weighted by atomic mass is 9.89. The molecule has 4 rings (SSSR count). The van der Waals surface area contributed by atoms with Crippen molar-refractivity contribution in [3.63, 3.8) is 0 Å². The molecule has 2 aromatic rings. The van der Waals surface area contributed by atoms with Gasteiger partial charge < -0.3 is 18.8 Å². The molecule has 0 saturated heterocycles. The van der Waals surface area contributed by atoms with E-state index in [0.717, 1.165) is 11.1 Å². The standard InChI is InChI=1S/C25H26O8S/c1-14-4-9-18(10-5-14)34(29,30)33-24-21(17-8-6-16(12-17)7-11-20(26)27)23(31-3)15(2)19-13-32-25(28)22(19)24/h4-5,9-10,12,17H,6-8,11,13H2,1-3H3,(H,26,27). The number of fused-ring (bicyclic) bond motifs is 1. The second-order valence-corrected chi connectivity index (χ2v) is 10.1. The largest absolute Gasteiger partial charge is 0.496 e. The van der Waals surface area contributed by atoms with Crippen LogP contribution >= 0.6 is 0 Å². The molecular formula is C25H26O8S. The molecule has 0 bridgehead atoms. The Bertz CT molecular complexity index is 1290. The second kappa shape index (κ2) is 9.13. The van der Waals surface area contributed by atoms with E-state index in [1.807, 2.05) is 13.0 Å². The zero-order valence-corrected chi connectivity index (χ0v) is 20.0. The molecule has 9 heteroatoms. The van der Waals surface area contributed by atoms with Gasteiger partial charge in [0.05, 0.1) is 7.11 Å². The maximum atomic E-state index is 13.2. The molecule has 1 unspecified atom stereocenters. The van der Waals surface area contributed by atoms with Crippen molar-refractivity contribution >= 4 is 22.1 Å². The Morgan fingerprint density at radius 2 is 1.88 bits per heavy atom. The highest BCUT2D eigenvalue weighted by atomic mass is 32.2. The van der Waals surface area contributed by atoms with E-state index < -0.39 is 22.1 Å². The summed E-state index contributed by atoms with van der Waals surface area (Å²) < 4.78 is 43.0. The fourth-order valence-electron chi connectivity index (χ4n) is 4.55. The van der Waals surface area contributed by atoms with Gasteiger partial charge in [-0.15, -0.1) is 0 Å². The maximum absolute atomic E-state index is 13.2. The van der Waals surface area contributed by atoms with Crippen LogP contribution in [0.2, 0.25) is 0 Å². The molecule has 2 aliphatic rings. The van der Waals surface area contributed by atoms with Crippen LogP contribution in [0.15, 0.2) is 40.8 Å². The number of allylic oxidation sites excluding steroid dienone is 2. The van der Waals surface area contributed by atoms with E-state index in [-0.39, 0.29) is 35.2 Å². The lowest BCUT2D eigenvalue weighted by molar-refractivity contribution is -0.136. The molecule has 180 valence electrons. The molecule has 1 aliphatic heterocycles. The number of hydrogen-bond donors (Lipinski definition) is 1. The Balaban J connectivity index is 1.86. The van der Waals surface area contributed by atoms with Gasteiger partial charge in [0.2, 0.25) is 0 Å². The number of carbonyl (C=O) groups is 2. The Morgan fingerprint density at radius 1 is 1.18 bits per heavy atom. The van der Waals surface area contributed by atoms with Gasteiger partial charge in [-0.1, -0.05) is 29.3 Å². The van der Waals surface area contributed by atoms with Crippen LogP contribution in [0.5, 0.6) is 11.5 Å². The number of carboxylic acid groups (broad SMARTS) is 1. The van der Waals surface area contributed by atoms with Crippen LogP contribution in [0.25, 0.3) is 0 Å². The third kappa shape index (κ3) is 4.40. The number of rotatable bonds is 8. The van der Waals surface area contributed by atoms with Crippen LogP contribution in [0.3, 0.4) is 0 Å². The van der Waals surface area contributed by atoms with Gasteiger partial charge in [0.15, 0.2) is 5.75 Å². The van der Waals surface area contributed by atoms with Gasteiger partial charge in [-0.05, 0) is 50.8 Å². The summed E-state index contributed by atoms with van der Waals surface area (Å²) >= 11 is 0. The lowest BCUT2D eigenvalue weighted by Gasteiger charge is -2.22. The predicted molar refractivity (Wildman–Crippen MR) is 123 cm³/mol. The molecule has 8 nitrogen and oxygen atoms in total. The first-order valence-electron chi connectivity index (χ1n) is 10.9. The molecule has 2 aromatic carbocycles. The van der Waals surface area contributed by atoms with Crippen molar-refractivity contribution in [2.45, 2.75) is 57.0 Å². The number of carbonyl (C=O) groups excluding carboxylic acids is 1. The van der Waals surface area contributed by atoms with Crippen LogP contribution in [-0.2, 0) is 26.3 Å². The van der Waals surface area contributed by atoms with Crippen molar-refractivity contribution in [2.24, 2.45) is 0 Å². The highest BCUT2D eigenvalue weighted by Gasteiger charge is 2.38. The quantitative estimate of drug-likeness (QED) is 0.331. The Morgan fingerprint density at radius 3 is 2.53 bits per heavy atom. The molecule has 0 saturated carbocycles. The predicted octanol–water partition coefficient (Wildman–Crippen LogP) is 4.42. The summed E-state index contributed by atoms with van der Waals surface area (Å²) in [4.78, 5) is 23.7. The van der Waals surface area contributed by atoms with E-state index in [1.54, 1.807) is 19.1 Å². The van der Waals surface area contributed by atoms with Crippen LogP contribution in [0, 0.1) is 13.8 Å². The first kappa shape index (κ1) is 23.8. The van der Waals surface area contributed by atoms with Crippen molar-refractivity contribution in [3.8, 4) is 11.5 Å². The molecule has 1 N–H and O–H groups in total. The summed E-state index contributed by atoms with van der Waals surface area (Å²) in [5.74, 6) is -1.48. The van der Waals surface area contributed by atoms with Crippen molar-refractivity contribution in [1.29, 1.82) is 0 Å². The van der Waals surface area contributed by atoms with E-state index in [1.165, 1.54) is 19.2 Å². The number of ether oxygens (including phenoxy) is 2. The zero-order valence-electron chi connectivity index (χ0n) is 19.2. The summed E-state index contributed by atoms with van der Waals surface area (Å²) in [5.41, 5.74) is 3.63. The normalized spacial score (nSPS) is 17.2. The highest BCUT2D eigenvalue weighted by Crippen LogP contribution is 2.50. The maximum Gasteiger partial charge on any atom is 0.342 e. The fourth-order valence-corrected chi connectivity index (χ4v) is 5.51. The minimum atomic E-state index is -4.26. The highest BCUT2D eigenvalue weighted by molar-refractivity contribution is 7.87. The van der Waals surface area contributed by atoms with Crippen molar-refractivity contribution < 1.29 is 36.8 Å². The fraction of sp³-hybridized carbons (Fsp3) is 0.360. The summed E-state index contributed by atoms with van der Waals surface area (Å²) in [7, 11) is -2.78. The third-order valence-corrected chi connectivity index (χ3v) is 7.55. The topological polar surface area (TPSA) is 116 Å². The minimum Gasteiger partial charge on any atom is -0.496 e. The van der Waals surface area contributed by atoms with Crippen LogP contribution in [-0.4, -0.2) is 32.6 Å². The molecule has 0 radical (unpaired) electrons.